The SMILES string of the molecule is CCC(C)(CCOP(=O)(O)OC(C)(CC)CC(C)COP(=O)(O)O)OP(=O)(O)OCC(CO)CC(C)(C)N. The van der Waals surface area contributed by atoms with E-state index in [9.17, 15) is 28.6 Å². The summed E-state index contributed by atoms with van der Waals surface area (Å²) >= 11 is 0. The second-order valence-corrected chi connectivity index (χ2v) is 14.9. The summed E-state index contributed by atoms with van der Waals surface area (Å²) in [6, 6.07) is 0. The fraction of sp³-hybridized carbons (Fsp3) is 1.00. The van der Waals surface area contributed by atoms with Crippen molar-refractivity contribution in [3.05, 3.63) is 0 Å². The molecule has 14 nitrogen and oxygen atoms in total. The van der Waals surface area contributed by atoms with Crippen LogP contribution in [0.25, 0.3) is 0 Å². The van der Waals surface area contributed by atoms with Crippen LogP contribution in [0.3, 0.4) is 0 Å². The molecule has 0 aromatic carbocycles. The Morgan fingerprint density at radius 1 is 0.789 bits per heavy atom. The van der Waals surface area contributed by atoms with E-state index in [1.165, 1.54) is 6.92 Å². The molecule has 0 radical (unpaired) electrons. The molecule has 0 aliphatic heterocycles. The van der Waals surface area contributed by atoms with E-state index in [-0.39, 0.29) is 52.1 Å². The highest BCUT2D eigenvalue weighted by Crippen LogP contribution is 2.52. The van der Waals surface area contributed by atoms with Crippen LogP contribution in [-0.4, -0.2) is 67.8 Å². The van der Waals surface area contributed by atoms with Gasteiger partial charge in [0.15, 0.2) is 0 Å². The molecule has 0 bridgehead atoms. The largest absolute Gasteiger partial charge is 0.472 e. The zero-order valence-corrected chi connectivity index (χ0v) is 26.1. The highest BCUT2D eigenvalue weighted by Gasteiger charge is 2.39. The second-order valence-electron chi connectivity index (χ2n) is 10.9. The molecule has 17 heteroatoms. The Morgan fingerprint density at radius 3 is 1.74 bits per heavy atom. The van der Waals surface area contributed by atoms with Crippen molar-refractivity contribution in [3.63, 3.8) is 0 Å². The highest BCUT2D eigenvalue weighted by molar-refractivity contribution is 7.47. The van der Waals surface area contributed by atoms with E-state index in [0.717, 1.165) is 0 Å². The Kier molecular flexibility index (Phi) is 15.6. The molecule has 0 rings (SSSR count). The van der Waals surface area contributed by atoms with Crippen molar-refractivity contribution in [3.8, 4) is 0 Å². The van der Waals surface area contributed by atoms with Crippen LogP contribution >= 0.6 is 23.5 Å². The molecule has 0 saturated heterocycles. The lowest BCUT2D eigenvalue weighted by atomic mass is 9.91. The van der Waals surface area contributed by atoms with Crippen LogP contribution in [0, 0.1) is 11.8 Å². The molecule has 0 aliphatic rings. The summed E-state index contributed by atoms with van der Waals surface area (Å²) < 4.78 is 61.5. The predicted molar refractivity (Wildman–Crippen MR) is 141 cm³/mol. The minimum Gasteiger partial charge on any atom is -0.396 e. The van der Waals surface area contributed by atoms with Crippen LogP contribution in [0.5, 0.6) is 0 Å². The minimum atomic E-state index is -4.65. The molecule has 38 heavy (non-hydrogen) atoms. The maximum Gasteiger partial charge on any atom is 0.472 e. The van der Waals surface area contributed by atoms with Crippen molar-refractivity contribution < 1.29 is 61.0 Å². The van der Waals surface area contributed by atoms with Crippen LogP contribution in [0.1, 0.15) is 80.6 Å². The maximum atomic E-state index is 12.6. The number of aliphatic hydroxyl groups is 1. The normalized spacial score (nSPS) is 21.1. The number of hydrogen-bond donors (Lipinski definition) is 6. The highest BCUT2D eigenvalue weighted by atomic mass is 31.2. The molecule has 0 amide bonds. The molecule has 230 valence electrons. The van der Waals surface area contributed by atoms with Gasteiger partial charge in [-0.05, 0) is 59.3 Å². The third kappa shape index (κ3) is 17.8. The van der Waals surface area contributed by atoms with Crippen LogP contribution in [-0.2, 0) is 36.3 Å². The third-order valence-electron chi connectivity index (χ3n) is 5.91. The molecule has 0 fully saturated rings. The Bertz CT molecular complexity index is 849. The first kappa shape index (κ1) is 38.2. The first-order valence-corrected chi connectivity index (χ1v) is 17.0. The van der Waals surface area contributed by atoms with Gasteiger partial charge < -0.3 is 30.4 Å². The summed E-state index contributed by atoms with van der Waals surface area (Å²) in [6.07, 6.45) is 0.969. The van der Waals surface area contributed by atoms with Crippen molar-refractivity contribution in [2.45, 2.75) is 97.3 Å². The van der Waals surface area contributed by atoms with Gasteiger partial charge in [-0.25, -0.2) is 13.7 Å². The third-order valence-corrected chi connectivity index (χ3v) is 8.72. The lowest BCUT2D eigenvalue weighted by molar-refractivity contribution is -0.00858. The molecular weight excluding hydrogens is 567 g/mol. The molecule has 0 heterocycles. The van der Waals surface area contributed by atoms with Gasteiger partial charge >= 0.3 is 23.5 Å². The predicted octanol–water partition coefficient (Wildman–Crippen LogP) is 3.85. The van der Waals surface area contributed by atoms with Gasteiger partial charge in [-0.1, -0.05) is 20.8 Å². The van der Waals surface area contributed by atoms with E-state index >= 15 is 0 Å². The molecular formula is C21H48NO13P3. The zero-order chi connectivity index (χ0) is 30.1. The smallest absolute Gasteiger partial charge is 0.396 e. The number of nitrogens with two attached hydrogens (primary N) is 1. The van der Waals surface area contributed by atoms with Crippen molar-refractivity contribution >= 4 is 23.5 Å². The van der Waals surface area contributed by atoms with Crippen LogP contribution in [0.4, 0.5) is 0 Å². The van der Waals surface area contributed by atoms with E-state index in [1.807, 2.05) is 0 Å². The first-order valence-electron chi connectivity index (χ1n) is 12.4. The summed E-state index contributed by atoms with van der Waals surface area (Å²) in [5.74, 6) is -0.893. The average molecular weight is 616 g/mol. The van der Waals surface area contributed by atoms with Gasteiger partial charge in [0.2, 0.25) is 0 Å². The number of phosphoric acid groups is 3. The van der Waals surface area contributed by atoms with Gasteiger partial charge in [-0.15, -0.1) is 0 Å². The molecule has 6 unspecified atom stereocenters. The molecule has 7 N–H and O–H groups in total. The first-order chi connectivity index (χ1) is 17.0. The number of rotatable bonds is 21. The van der Waals surface area contributed by atoms with Crippen molar-refractivity contribution in [2.24, 2.45) is 17.6 Å². The molecule has 0 aromatic rings. The molecule has 0 aliphatic carbocycles. The Balaban J connectivity index is 5.01. The lowest BCUT2D eigenvalue weighted by Crippen LogP contribution is -2.36. The van der Waals surface area contributed by atoms with Crippen molar-refractivity contribution in [2.75, 3.05) is 26.4 Å². The number of hydrogen-bond acceptors (Lipinski definition) is 10. The summed E-state index contributed by atoms with van der Waals surface area (Å²) in [5.41, 5.74) is 2.90. The fourth-order valence-corrected chi connectivity index (χ4v) is 6.47. The van der Waals surface area contributed by atoms with E-state index in [2.05, 4.69) is 4.52 Å². The summed E-state index contributed by atoms with van der Waals surface area (Å²) in [5, 5.41) is 9.50. The monoisotopic (exact) mass is 615 g/mol. The fourth-order valence-electron chi connectivity index (χ4n) is 3.66. The van der Waals surface area contributed by atoms with Gasteiger partial charge in [0.05, 0.1) is 31.0 Å². The number of phosphoric ester groups is 3. The summed E-state index contributed by atoms with van der Waals surface area (Å²) in [6.45, 7) is 10.5. The van der Waals surface area contributed by atoms with E-state index in [1.54, 1.807) is 41.5 Å². The van der Waals surface area contributed by atoms with E-state index in [0.29, 0.717) is 6.42 Å². The van der Waals surface area contributed by atoms with Gasteiger partial charge in [-0.3, -0.25) is 22.6 Å². The summed E-state index contributed by atoms with van der Waals surface area (Å²) in [4.78, 5) is 38.2. The standard InChI is InChI=1S/C21H48NO13P3/c1-8-20(6,34-38(29,30)33-16-18(14-23)13-19(4,5)22)10-11-31-37(27,28)35-21(7,9-2)12-17(3)15-32-36(24,25)26/h17-18,23H,8-16,22H2,1-7H3,(H,27,28)(H,29,30)(H2,24,25,26). The Morgan fingerprint density at radius 2 is 1.29 bits per heavy atom. The van der Waals surface area contributed by atoms with Gasteiger partial charge in [-0.2, -0.15) is 0 Å². The Labute approximate surface area is 226 Å². The Hall–Kier alpha value is 0.250. The van der Waals surface area contributed by atoms with Gasteiger partial charge in [0, 0.05) is 24.5 Å². The quantitative estimate of drug-likeness (QED) is 0.101. The second kappa shape index (κ2) is 15.5. The molecule has 0 aromatic heterocycles. The summed E-state index contributed by atoms with van der Waals surface area (Å²) in [7, 11) is -13.8. The topological polar surface area (TPSA) is 225 Å². The molecule has 0 saturated carbocycles. The zero-order valence-electron chi connectivity index (χ0n) is 23.4. The average Bonchev–Trinajstić information content (AvgIpc) is 2.73. The molecule has 0 spiro atoms. The van der Waals surface area contributed by atoms with Crippen molar-refractivity contribution in [1.82, 2.24) is 0 Å². The van der Waals surface area contributed by atoms with Crippen molar-refractivity contribution in [1.29, 1.82) is 0 Å². The minimum absolute atomic E-state index is 0.0556. The lowest BCUT2D eigenvalue weighted by Gasteiger charge is -2.33. The van der Waals surface area contributed by atoms with Crippen LogP contribution < -0.4 is 5.73 Å². The van der Waals surface area contributed by atoms with Gasteiger partial charge in [0.25, 0.3) is 0 Å². The number of aliphatic hydroxyl groups excluding tert-OH is 1. The van der Waals surface area contributed by atoms with E-state index < -0.39 is 52.0 Å². The maximum absolute atomic E-state index is 12.6. The van der Waals surface area contributed by atoms with Crippen LogP contribution in [0.15, 0.2) is 0 Å². The van der Waals surface area contributed by atoms with Crippen LogP contribution in [0.2, 0.25) is 0 Å². The van der Waals surface area contributed by atoms with Gasteiger partial charge in [0.1, 0.15) is 0 Å². The molecule has 6 atom stereocenters. The van der Waals surface area contributed by atoms with E-state index in [4.69, 9.17) is 33.6 Å².